The topological polar surface area (TPSA) is 66.9 Å². The Morgan fingerprint density at radius 2 is 1.82 bits per heavy atom. The summed E-state index contributed by atoms with van der Waals surface area (Å²) in [4.78, 5) is 14.3. The Balaban J connectivity index is 1.59. The summed E-state index contributed by atoms with van der Waals surface area (Å²) in [5, 5.41) is 1.73. The third-order valence-corrected chi connectivity index (χ3v) is 8.05. The molecule has 3 rings (SSSR count). The number of sulfonamides is 1. The van der Waals surface area contributed by atoms with Gasteiger partial charge in [0.05, 0.1) is 5.69 Å². The number of benzene rings is 1. The summed E-state index contributed by atoms with van der Waals surface area (Å²) < 4.78 is 32.3. The van der Waals surface area contributed by atoms with Crippen LogP contribution in [0.5, 0.6) is 5.75 Å². The Labute approximate surface area is 170 Å². The lowest BCUT2D eigenvalue weighted by Crippen LogP contribution is -2.44. The van der Waals surface area contributed by atoms with Gasteiger partial charge in [-0.05, 0) is 54.0 Å². The van der Waals surface area contributed by atoms with Gasteiger partial charge in [-0.15, -0.1) is 11.3 Å². The summed E-state index contributed by atoms with van der Waals surface area (Å²) in [6, 6.07) is 10.0. The van der Waals surface area contributed by atoms with E-state index in [1.807, 2.05) is 4.90 Å². The first kappa shape index (κ1) is 20.7. The summed E-state index contributed by atoms with van der Waals surface area (Å²) in [7, 11) is -2.04. The lowest BCUT2D eigenvalue weighted by molar-refractivity contribution is -0.136. The molecule has 0 spiro atoms. The van der Waals surface area contributed by atoms with E-state index in [0.717, 1.165) is 19.5 Å². The average Bonchev–Trinajstić information content (AvgIpc) is 3.21. The highest BCUT2D eigenvalue weighted by molar-refractivity contribution is 7.94. The van der Waals surface area contributed by atoms with Crippen molar-refractivity contribution in [3.63, 3.8) is 0 Å². The number of piperidine rings is 1. The second-order valence-corrected chi connectivity index (χ2v) is 10.6. The van der Waals surface area contributed by atoms with Crippen LogP contribution in [0, 0.1) is 11.8 Å². The summed E-state index contributed by atoms with van der Waals surface area (Å²) in [6.45, 7) is 5.86. The zero-order valence-corrected chi connectivity index (χ0v) is 18.0. The number of nitrogens with zero attached hydrogens (tertiary/aromatic N) is 2. The Bertz CT molecular complexity index is 885. The maximum absolute atomic E-state index is 12.6. The van der Waals surface area contributed by atoms with Gasteiger partial charge in [0.15, 0.2) is 6.61 Å². The van der Waals surface area contributed by atoms with Crippen LogP contribution in [0.2, 0.25) is 0 Å². The van der Waals surface area contributed by atoms with E-state index in [0.29, 0.717) is 27.5 Å². The van der Waals surface area contributed by atoms with Gasteiger partial charge in [0, 0.05) is 20.1 Å². The highest BCUT2D eigenvalue weighted by Crippen LogP contribution is 2.27. The summed E-state index contributed by atoms with van der Waals surface area (Å²) in [5.74, 6) is 1.54. The van der Waals surface area contributed by atoms with Crippen molar-refractivity contribution in [3.05, 3.63) is 41.8 Å². The smallest absolute Gasteiger partial charge is 0.273 e. The Morgan fingerprint density at radius 1 is 1.18 bits per heavy atom. The Hall–Kier alpha value is -2.06. The standard InChI is InChI=1S/C20H26N2O4S2/c1-15-11-16(2)13-22(12-15)19(23)14-26-18-8-6-17(7-9-18)21(3)28(24,25)20-5-4-10-27-20/h4-10,15-16H,11-14H2,1-3H3. The molecule has 152 valence electrons. The SMILES string of the molecule is CC1CC(C)CN(C(=O)COc2ccc(N(C)S(=O)(=O)c3cccs3)cc2)C1. The van der Waals surface area contributed by atoms with Gasteiger partial charge < -0.3 is 9.64 Å². The zero-order valence-electron chi connectivity index (χ0n) is 16.4. The quantitative estimate of drug-likeness (QED) is 0.715. The minimum Gasteiger partial charge on any atom is -0.484 e. The highest BCUT2D eigenvalue weighted by atomic mass is 32.2. The lowest BCUT2D eigenvalue weighted by Gasteiger charge is -2.34. The van der Waals surface area contributed by atoms with E-state index in [1.54, 1.807) is 41.8 Å². The van der Waals surface area contributed by atoms with Crippen LogP contribution in [0.25, 0.3) is 0 Å². The number of hydrogen-bond acceptors (Lipinski definition) is 5. The molecular weight excluding hydrogens is 396 g/mol. The van der Waals surface area contributed by atoms with Crippen molar-refractivity contribution in [2.24, 2.45) is 11.8 Å². The van der Waals surface area contributed by atoms with Crippen LogP contribution in [0.3, 0.4) is 0 Å². The molecule has 1 amide bonds. The van der Waals surface area contributed by atoms with Gasteiger partial charge in [-0.2, -0.15) is 0 Å². The van der Waals surface area contributed by atoms with Gasteiger partial charge in [-0.25, -0.2) is 8.42 Å². The molecule has 0 bridgehead atoms. The number of thiophene rings is 1. The first-order valence-corrected chi connectivity index (χ1v) is 11.6. The number of likely N-dealkylation sites (tertiary alicyclic amines) is 1. The molecule has 1 saturated heterocycles. The summed E-state index contributed by atoms with van der Waals surface area (Å²) in [5.41, 5.74) is 0.533. The number of carbonyl (C=O) groups excluding carboxylic acids is 1. The van der Waals surface area contributed by atoms with E-state index in [2.05, 4.69) is 13.8 Å². The number of amides is 1. The molecule has 2 aromatic rings. The highest BCUT2D eigenvalue weighted by Gasteiger charge is 2.26. The summed E-state index contributed by atoms with van der Waals surface area (Å²) in [6.07, 6.45) is 1.15. The normalized spacial score (nSPS) is 20.0. The fourth-order valence-corrected chi connectivity index (χ4v) is 5.90. The first-order chi connectivity index (χ1) is 13.3. The minimum absolute atomic E-state index is 0.0118. The van der Waals surface area contributed by atoms with Crippen LogP contribution in [0.15, 0.2) is 46.0 Å². The fourth-order valence-electron chi connectivity index (χ4n) is 3.54. The van der Waals surface area contributed by atoms with Crippen LogP contribution in [-0.4, -0.2) is 46.0 Å². The van der Waals surface area contributed by atoms with Crippen molar-refractivity contribution in [2.45, 2.75) is 24.5 Å². The van der Waals surface area contributed by atoms with E-state index in [4.69, 9.17) is 4.74 Å². The second kappa shape index (κ2) is 8.53. The minimum atomic E-state index is -3.56. The lowest BCUT2D eigenvalue weighted by atomic mass is 9.92. The number of rotatable bonds is 6. The van der Waals surface area contributed by atoms with Crippen molar-refractivity contribution in [2.75, 3.05) is 31.0 Å². The predicted octanol–water partition coefficient (Wildman–Crippen LogP) is 3.46. The van der Waals surface area contributed by atoms with Crippen LogP contribution >= 0.6 is 11.3 Å². The molecule has 1 fully saturated rings. The fraction of sp³-hybridized carbons (Fsp3) is 0.450. The van der Waals surface area contributed by atoms with E-state index >= 15 is 0 Å². The average molecular weight is 423 g/mol. The summed E-state index contributed by atoms with van der Waals surface area (Å²) >= 11 is 1.18. The molecule has 1 aliphatic heterocycles. The third-order valence-electron chi connectivity index (χ3n) is 4.89. The van der Waals surface area contributed by atoms with E-state index in [-0.39, 0.29) is 12.5 Å². The molecule has 1 aliphatic rings. The van der Waals surface area contributed by atoms with Gasteiger partial charge in [-0.1, -0.05) is 19.9 Å². The number of ether oxygens (including phenoxy) is 1. The molecular formula is C20H26N2O4S2. The zero-order chi connectivity index (χ0) is 20.3. The first-order valence-electron chi connectivity index (χ1n) is 9.30. The third kappa shape index (κ3) is 4.67. The molecule has 6 nitrogen and oxygen atoms in total. The second-order valence-electron chi connectivity index (χ2n) is 7.43. The van der Waals surface area contributed by atoms with Crippen LogP contribution in [-0.2, 0) is 14.8 Å². The van der Waals surface area contributed by atoms with E-state index < -0.39 is 10.0 Å². The Morgan fingerprint density at radius 3 is 2.39 bits per heavy atom. The maximum atomic E-state index is 12.6. The van der Waals surface area contributed by atoms with Gasteiger partial charge in [-0.3, -0.25) is 9.10 Å². The largest absolute Gasteiger partial charge is 0.484 e. The van der Waals surface area contributed by atoms with Gasteiger partial charge in [0.2, 0.25) is 0 Å². The number of hydrogen-bond donors (Lipinski definition) is 0. The Kier molecular flexibility index (Phi) is 6.30. The molecule has 1 aromatic carbocycles. The van der Waals surface area contributed by atoms with Crippen molar-refractivity contribution < 1.29 is 17.9 Å². The van der Waals surface area contributed by atoms with Gasteiger partial charge >= 0.3 is 0 Å². The van der Waals surface area contributed by atoms with Crippen molar-refractivity contribution in [1.29, 1.82) is 0 Å². The molecule has 8 heteroatoms. The molecule has 0 N–H and O–H groups in total. The monoisotopic (exact) mass is 422 g/mol. The van der Waals surface area contributed by atoms with Crippen molar-refractivity contribution in [1.82, 2.24) is 4.90 Å². The molecule has 0 radical (unpaired) electrons. The molecule has 28 heavy (non-hydrogen) atoms. The maximum Gasteiger partial charge on any atom is 0.273 e. The van der Waals surface area contributed by atoms with Gasteiger partial charge in [0.1, 0.15) is 9.96 Å². The van der Waals surface area contributed by atoms with Crippen LogP contribution < -0.4 is 9.04 Å². The van der Waals surface area contributed by atoms with Crippen LogP contribution in [0.1, 0.15) is 20.3 Å². The predicted molar refractivity (Wildman–Crippen MR) is 111 cm³/mol. The van der Waals surface area contributed by atoms with Crippen LogP contribution in [0.4, 0.5) is 5.69 Å². The molecule has 2 unspecified atom stereocenters. The molecule has 0 aliphatic carbocycles. The molecule has 0 saturated carbocycles. The number of anilines is 1. The van der Waals surface area contributed by atoms with Gasteiger partial charge in [0.25, 0.3) is 15.9 Å². The molecule has 1 aromatic heterocycles. The van der Waals surface area contributed by atoms with E-state index in [1.165, 1.54) is 22.7 Å². The van der Waals surface area contributed by atoms with Crippen molar-refractivity contribution >= 4 is 33.0 Å². The number of carbonyl (C=O) groups is 1. The van der Waals surface area contributed by atoms with E-state index in [9.17, 15) is 13.2 Å². The molecule has 2 atom stereocenters. The van der Waals surface area contributed by atoms with Crippen molar-refractivity contribution in [3.8, 4) is 5.75 Å². The molecule has 2 heterocycles.